The van der Waals surface area contributed by atoms with Crippen molar-refractivity contribution in [1.82, 2.24) is 15.3 Å². The van der Waals surface area contributed by atoms with Gasteiger partial charge in [0.1, 0.15) is 0 Å². The van der Waals surface area contributed by atoms with E-state index in [4.69, 9.17) is 9.72 Å². The molecule has 0 spiro atoms. The summed E-state index contributed by atoms with van der Waals surface area (Å²) in [6, 6.07) is 4.44. The van der Waals surface area contributed by atoms with Gasteiger partial charge in [0.25, 0.3) is 0 Å². The van der Waals surface area contributed by atoms with Crippen molar-refractivity contribution in [3.63, 3.8) is 0 Å². The number of hydrogen-bond donors (Lipinski definition) is 1. The number of pyridine rings is 1. The number of hydrogen-bond acceptors (Lipinski definition) is 5. The fraction of sp³-hybridized carbons (Fsp3) is 0.467. The number of rotatable bonds is 4. The van der Waals surface area contributed by atoms with Crippen LogP contribution >= 0.6 is 11.3 Å². The lowest BCUT2D eigenvalue weighted by molar-refractivity contribution is 0.397. The molecule has 0 bridgehead atoms. The summed E-state index contributed by atoms with van der Waals surface area (Å²) < 4.78 is 5.08. The first-order valence-corrected chi connectivity index (χ1v) is 7.76. The van der Waals surface area contributed by atoms with E-state index in [1.54, 1.807) is 7.11 Å². The van der Waals surface area contributed by atoms with Crippen LogP contribution in [0, 0.1) is 0 Å². The van der Waals surface area contributed by atoms with Crippen molar-refractivity contribution in [1.29, 1.82) is 0 Å². The maximum atomic E-state index is 5.08. The molecule has 1 N–H and O–H groups in total. The molecule has 5 heteroatoms. The number of thiazole rings is 1. The Morgan fingerprint density at radius 2 is 2.35 bits per heavy atom. The molecule has 3 rings (SSSR count). The van der Waals surface area contributed by atoms with E-state index in [0.29, 0.717) is 11.9 Å². The number of aromatic nitrogens is 2. The van der Waals surface area contributed by atoms with Crippen LogP contribution in [0.5, 0.6) is 5.88 Å². The molecule has 0 aromatic carbocycles. The van der Waals surface area contributed by atoms with Gasteiger partial charge in [-0.1, -0.05) is 6.07 Å². The summed E-state index contributed by atoms with van der Waals surface area (Å²) in [4.78, 5) is 10.5. The monoisotopic (exact) mass is 289 g/mol. The van der Waals surface area contributed by atoms with Gasteiger partial charge in [-0.2, -0.15) is 0 Å². The molecule has 2 heterocycles. The zero-order valence-electron chi connectivity index (χ0n) is 11.8. The first kappa shape index (κ1) is 13.5. The van der Waals surface area contributed by atoms with Crippen LogP contribution in [0.25, 0.3) is 0 Å². The molecule has 20 heavy (non-hydrogen) atoms. The van der Waals surface area contributed by atoms with E-state index in [1.165, 1.54) is 34.0 Å². The minimum absolute atomic E-state index is 0.485. The van der Waals surface area contributed by atoms with Crippen molar-refractivity contribution < 1.29 is 4.74 Å². The molecule has 106 valence electrons. The average Bonchev–Trinajstić information content (AvgIpc) is 2.90. The highest BCUT2D eigenvalue weighted by Gasteiger charge is 2.23. The van der Waals surface area contributed by atoms with Gasteiger partial charge in [0.15, 0.2) is 0 Å². The van der Waals surface area contributed by atoms with E-state index in [9.17, 15) is 0 Å². The van der Waals surface area contributed by atoms with Crippen molar-refractivity contribution in [3.05, 3.63) is 39.5 Å². The molecular weight excluding hydrogens is 270 g/mol. The summed E-state index contributed by atoms with van der Waals surface area (Å²) in [7, 11) is 3.67. The molecule has 0 radical (unpaired) electrons. The van der Waals surface area contributed by atoms with Crippen molar-refractivity contribution >= 4 is 11.3 Å². The lowest BCUT2D eigenvalue weighted by atomic mass is 9.98. The number of ether oxygens (including phenoxy) is 1. The van der Waals surface area contributed by atoms with Gasteiger partial charge < -0.3 is 10.1 Å². The molecule has 1 atom stereocenters. The van der Waals surface area contributed by atoms with E-state index < -0.39 is 0 Å². The maximum Gasteiger partial charge on any atom is 0.212 e. The fourth-order valence-corrected chi connectivity index (χ4v) is 3.92. The Labute approximate surface area is 123 Å². The normalized spacial score (nSPS) is 17.8. The van der Waals surface area contributed by atoms with Crippen LogP contribution in [0.4, 0.5) is 0 Å². The molecule has 0 aliphatic heterocycles. The smallest absolute Gasteiger partial charge is 0.212 e. The molecule has 0 saturated carbocycles. The highest BCUT2D eigenvalue weighted by Crippen LogP contribution is 2.34. The average molecular weight is 289 g/mol. The summed E-state index contributed by atoms with van der Waals surface area (Å²) >= 11 is 1.84. The Kier molecular flexibility index (Phi) is 3.98. The van der Waals surface area contributed by atoms with Crippen LogP contribution in [0.3, 0.4) is 0 Å². The Bertz CT molecular complexity index is 579. The van der Waals surface area contributed by atoms with Gasteiger partial charge in [-0.3, -0.25) is 0 Å². The first-order chi connectivity index (χ1) is 9.80. The Morgan fingerprint density at radius 3 is 3.05 bits per heavy atom. The lowest BCUT2D eigenvalue weighted by Gasteiger charge is -2.20. The second-order valence-electron chi connectivity index (χ2n) is 5.04. The van der Waals surface area contributed by atoms with Crippen LogP contribution in [0.15, 0.2) is 18.3 Å². The van der Waals surface area contributed by atoms with E-state index >= 15 is 0 Å². The number of nitrogens with zero attached hydrogens (tertiary/aromatic N) is 2. The predicted molar refractivity (Wildman–Crippen MR) is 80.4 cm³/mol. The molecule has 0 fully saturated rings. The van der Waals surface area contributed by atoms with Gasteiger partial charge in [-0.25, -0.2) is 9.97 Å². The van der Waals surface area contributed by atoms with Crippen molar-refractivity contribution in [2.45, 2.75) is 31.7 Å². The molecule has 1 unspecified atom stereocenters. The summed E-state index contributed by atoms with van der Waals surface area (Å²) in [6.45, 7) is 0. The third kappa shape index (κ3) is 2.69. The molecular formula is C15H19N3OS. The van der Waals surface area contributed by atoms with E-state index in [-0.39, 0.29) is 0 Å². The number of methoxy groups -OCH3 is 1. The lowest BCUT2D eigenvalue weighted by Crippen LogP contribution is -2.19. The van der Waals surface area contributed by atoms with Crippen LogP contribution in [0.2, 0.25) is 0 Å². The Balaban J connectivity index is 1.79. The maximum absolute atomic E-state index is 5.08. The molecule has 4 nitrogen and oxygen atoms in total. The molecule has 0 amide bonds. The molecule has 0 saturated heterocycles. The fourth-order valence-electron chi connectivity index (χ4n) is 2.63. The minimum Gasteiger partial charge on any atom is -0.481 e. The first-order valence-electron chi connectivity index (χ1n) is 6.95. The third-order valence-corrected chi connectivity index (χ3v) is 4.92. The summed E-state index contributed by atoms with van der Waals surface area (Å²) in [6.07, 6.45) is 6.28. The van der Waals surface area contributed by atoms with E-state index in [2.05, 4.69) is 16.4 Å². The van der Waals surface area contributed by atoms with Crippen molar-refractivity contribution in [2.24, 2.45) is 0 Å². The summed E-state index contributed by atoms with van der Waals surface area (Å²) in [5, 5.41) is 4.58. The van der Waals surface area contributed by atoms with Crippen molar-refractivity contribution in [2.75, 3.05) is 14.2 Å². The van der Waals surface area contributed by atoms with Gasteiger partial charge in [-0.15, -0.1) is 11.3 Å². The standard InChI is InChI=1S/C15H19N3OS/c1-16-11-4-3-5-12-15(11)20-14(18-12)8-10-6-7-13(19-2)17-9-10/h6-7,9,11,16H,3-5,8H2,1-2H3. The summed E-state index contributed by atoms with van der Waals surface area (Å²) in [5.41, 5.74) is 2.47. The van der Waals surface area contributed by atoms with Gasteiger partial charge >= 0.3 is 0 Å². The van der Waals surface area contributed by atoms with Gasteiger partial charge in [0.2, 0.25) is 5.88 Å². The van der Waals surface area contributed by atoms with E-state index in [1.807, 2.05) is 30.6 Å². The van der Waals surface area contributed by atoms with Crippen LogP contribution in [-0.4, -0.2) is 24.1 Å². The predicted octanol–water partition coefficient (Wildman–Crippen LogP) is 2.73. The largest absolute Gasteiger partial charge is 0.481 e. The van der Waals surface area contributed by atoms with Gasteiger partial charge in [0.05, 0.1) is 17.8 Å². The molecule has 1 aliphatic rings. The van der Waals surface area contributed by atoms with Crippen LogP contribution < -0.4 is 10.1 Å². The van der Waals surface area contributed by atoms with Gasteiger partial charge in [-0.05, 0) is 31.9 Å². The summed E-state index contributed by atoms with van der Waals surface area (Å²) in [5.74, 6) is 0.655. The van der Waals surface area contributed by atoms with Crippen LogP contribution in [-0.2, 0) is 12.8 Å². The zero-order valence-corrected chi connectivity index (χ0v) is 12.7. The minimum atomic E-state index is 0.485. The highest BCUT2D eigenvalue weighted by atomic mass is 32.1. The highest BCUT2D eigenvalue weighted by molar-refractivity contribution is 7.11. The molecule has 2 aromatic heterocycles. The number of nitrogens with one attached hydrogen (secondary N) is 1. The van der Waals surface area contributed by atoms with E-state index in [0.717, 1.165) is 12.8 Å². The zero-order chi connectivity index (χ0) is 13.9. The topological polar surface area (TPSA) is 47.0 Å². The number of aryl methyl sites for hydroxylation is 1. The second-order valence-corrected chi connectivity index (χ2v) is 6.15. The van der Waals surface area contributed by atoms with Crippen molar-refractivity contribution in [3.8, 4) is 5.88 Å². The van der Waals surface area contributed by atoms with Crippen LogP contribution in [0.1, 0.15) is 40.0 Å². The Hall–Kier alpha value is -1.46. The second kappa shape index (κ2) is 5.89. The quantitative estimate of drug-likeness (QED) is 0.940. The molecule has 1 aliphatic carbocycles. The number of fused-ring (bicyclic) bond motifs is 1. The van der Waals surface area contributed by atoms with Gasteiger partial charge in [0, 0.05) is 29.6 Å². The third-order valence-electron chi connectivity index (χ3n) is 3.71. The Morgan fingerprint density at radius 1 is 1.45 bits per heavy atom. The SMILES string of the molecule is CNC1CCCc2nc(Cc3ccc(OC)nc3)sc21. The molecule has 2 aromatic rings.